The quantitative estimate of drug-likeness (QED) is 0.603. The third kappa shape index (κ3) is 3.54. The van der Waals surface area contributed by atoms with Crippen molar-refractivity contribution in [3.63, 3.8) is 0 Å². The van der Waals surface area contributed by atoms with E-state index in [0.29, 0.717) is 0 Å². The first-order chi connectivity index (χ1) is 15.8. The van der Waals surface area contributed by atoms with Gasteiger partial charge in [-0.25, -0.2) is 4.99 Å². The molecule has 4 aliphatic heterocycles. The van der Waals surface area contributed by atoms with E-state index in [1.807, 2.05) is 38.6 Å². The molecule has 0 saturated carbocycles. The Labute approximate surface area is 187 Å². The first-order valence-corrected chi connectivity index (χ1v) is 12.0. The minimum absolute atomic E-state index is 0.0907. The molecular formula is C25H36N2OS. The maximum atomic E-state index is 9.02. The smallest absolute Gasteiger partial charge is 0.196 e. The molecule has 3 nitrogen and oxygen atoms in total. The monoisotopic (exact) mass is 417 g/mol. The summed E-state index contributed by atoms with van der Waals surface area (Å²) in [5.74, 6) is 1.23. The average molecular weight is 418 g/mol. The summed E-state index contributed by atoms with van der Waals surface area (Å²) in [6.07, 6.45) is 7.20. The summed E-state index contributed by atoms with van der Waals surface area (Å²) in [6.45, 7) is 6.69. The van der Waals surface area contributed by atoms with Crippen LogP contribution >= 0.6 is 11.8 Å². The lowest BCUT2D eigenvalue weighted by Gasteiger charge is -2.36. The second kappa shape index (κ2) is 7.30. The molecule has 1 N–H and O–H groups in total. The molecular weight excluding hydrogens is 376 g/mol. The first-order valence-electron chi connectivity index (χ1n) is 13.6. The number of nitrogens with one attached hydrogen (secondary N) is 1. The van der Waals surface area contributed by atoms with Gasteiger partial charge in [0.25, 0.3) is 0 Å². The van der Waals surface area contributed by atoms with Crippen molar-refractivity contribution >= 4 is 17.5 Å². The van der Waals surface area contributed by atoms with Crippen molar-refractivity contribution in [2.24, 2.45) is 28.2 Å². The summed E-state index contributed by atoms with van der Waals surface area (Å²) in [4.78, 5) is 4.49. The molecule has 0 aromatic heterocycles. The highest BCUT2D eigenvalue weighted by Crippen LogP contribution is 2.53. The summed E-state index contributed by atoms with van der Waals surface area (Å²) >= 11 is 1.89. The van der Waals surface area contributed by atoms with Crippen LogP contribution in [-0.2, 0) is 4.74 Å². The summed E-state index contributed by atoms with van der Waals surface area (Å²) in [6, 6.07) is 0.112. The fourth-order valence-electron chi connectivity index (χ4n) is 5.71. The van der Waals surface area contributed by atoms with Crippen molar-refractivity contribution in [1.29, 1.82) is 0 Å². The van der Waals surface area contributed by atoms with Crippen LogP contribution < -0.4 is 5.32 Å². The average Bonchev–Trinajstić information content (AvgIpc) is 3.28. The first kappa shape index (κ1) is 14.9. The van der Waals surface area contributed by atoms with Crippen LogP contribution in [0.15, 0.2) is 40.1 Å². The van der Waals surface area contributed by atoms with Crippen molar-refractivity contribution < 1.29 is 11.6 Å². The van der Waals surface area contributed by atoms with Crippen LogP contribution in [0.4, 0.5) is 0 Å². The minimum Gasteiger partial charge on any atom is -0.472 e. The normalized spacial score (nSPS) is 44.8. The summed E-state index contributed by atoms with van der Waals surface area (Å²) in [5.41, 5.74) is 2.21. The zero-order valence-corrected chi connectivity index (χ0v) is 18.7. The van der Waals surface area contributed by atoms with Gasteiger partial charge in [-0.3, -0.25) is 0 Å². The van der Waals surface area contributed by atoms with E-state index in [-0.39, 0.29) is 40.0 Å². The van der Waals surface area contributed by atoms with Crippen molar-refractivity contribution in [3.05, 3.63) is 35.1 Å². The van der Waals surface area contributed by atoms with E-state index in [2.05, 4.69) is 23.3 Å². The third-order valence-electron chi connectivity index (χ3n) is 6.86. The predicted molar refractivity (Wildman–Crippen MR) is 123 cm³/mol. The van der Waals surface area contributed by atoms with Gasteiger partial charge >= 0.3 is 0 Å². The Morgan fingerprint density at radius 1 is 1.41 bits per heavy atom. The molecule has 29 heavy (non-hydrogen) atoms. The minimum atomic E-state index is -2.22. The van der Waals surface area contributed by atoms with Crippen LogP contribution in [0.25, 0.3) is 0 Å². The van der Waals surface area contributed by atoms with Gasteiger partial charge in [0.2, 0.25) is 0 Å². The number of allylic oxidation sites excluding steroid dienone is 2. The van der Waals surface area contributed by atoms with E-state index in [1.165, 1.54) is 11.1 Å². The molecule has 5 aliphatic rings. The maximum absolute atomic E-state index is 9.02. The van der Waals surface area contributed by atoms with E-state index < -0.39 is 24.9 Å². The molecule has 2 unspecified atom stereocenters. The molecule has 0 radical (unpaired) electrons. The van der Waals surface area contributed by atoms with Crippen molar-refractivity contribution in [2.75, 3.05) is 6.54 Å². The second-order valence-corrected chi connectivity index (χ2v) is 11.6. The van der Waals surface area contributed by atoms with Gasteiger partial charge < -0.3 is 10.1 Å². The zero-order valence-electron chi connectivity index (χ0n) is 22.9. The van der Waals surface area contributed by atoms with E-state index in [1.54, 1.807) is 6.08 Å². The van der Waals surface area contributed by atoms with Crippen molar-refractivity contribution in [2.45, 2.75) is 83.0 Å². The third-order valence-corrected chi connectivity index (χ3v) is 8.40. The highest BCUT2D eigenvalue weighted by Gasteiger charge is 2.49. The van der Waals surface area contributed by atoms with Gasteiger partial charge in [-0.05, 0) is 55.5 Å². The van der Waals surface area contributed by atoms with Gasteiger partial charge in [0.15, 0.2) is 6.23 Å². The van der Waals surface area contributed by atoms with Gasteiger partial charge in [0, 0.05) is 47.5 Å². The lowest BCUT2D eigenvalue weighted by molar-refractivity contribution is 0.146. The van der Waals surface area contributed by atoms with Crippen LogP contribution in [-0.4, -0.2) is 35.0 Å². The van der Waals surface area contributed by atoms with Gasteiger partial charge in [-0.1, -0.05) is 45.4 Å². The number of hydrogen-bond donors (Lipinski definition) is 1. The summed E-state index contributed by atoms with van der Waals surface area (Å²) in [7, 11) is 0. The largest absolute Gasteiger partial charge is 0.472 e. The molecule has 4 heteroatoms. The summed E-state index contributed by atoms with van der Waals surface area (Å²) < 4.78 is 47.7. The Balaban J connectivity index is 1.47. The molecule has 2 saturated heterocycles. The maximum Gasteiger partial charge on any atom is 0.196 e. The highest BCUT2D eigenvalue weighted by atomic mass is 32.2. The van der Waals surface area contributed by atoms with E-state index in [9.17, 15) is 0 Å². The fourth-order valence-corrected chi connectivity index (χ4v) is 7.37. The van der Waals surface area contributed by atoms with Crippen LogP contribution in [0.5, 0.6) is 0 Å². The molecule has 1 aliphatic carbocycles. The van der Waals surface area contributed by atoms with Crippen LogP contribution in [0.1, 0.15) is 67.0 Å². The molecule has 0 spiro atoms. The van der Waals surface area contributed by atoms with Crippen LogP contribution in [0, 0.1) is 23.2 Å². The number of hydrogen-bond acceptors (Lipinski definition) is 4. The number of rotatable bonds is 2. The number of dihydropyridines is 1. The Hall–Kier alpha value is -1.00. The lowest BCUT2D eigenvalue weighted by atomic mass is 9.74. The topological polar surface area (TPSA) is 33.6 Å². The van der Waals surface area contributed by atoms with Gasteiger partial charge in [0.1, 0.15) is 5.76 Å². The van der Waals surface area contributed by atoms with E-state index in [0.717, 1.165) is 31.6 Å². The Bertz CT molecular complexity index is 977. The Kier molecular flexibility index (Phi) is 3.75. The standard InChI is InChI=1S/C25H36N2OS/c1-14-9-10-18-16-7-6-8-19(22(16)28-24(18)27-14)21-23-17(11-12-26-21)20(15(2)29-23)13-25(3,4)5/h9-11,15-16,18,20-21,23-24,26H,6-8,12-13H2,1-5H3/t15-,16-,18?,20+,21-,23-,24?/m0/s1/i1D3,13D2. The van der Waals surface area contributed by atoms with E-state index in [4.69, 9.17) is 11.6 Å². The zero-order chi connectivity index (χ0) is 24.6. The molecule has 4 heterocycles. The number of aliphatic imine (C=N–C) groups is 1. The molecule has 158 valence electrons. The van der Waals surface area contributed by atoms with Crippen LogP contribution in [0.2, 0.25) is 0 Å². The highest BCUT2D eigenvalue weighted by molar-refractivity contribution is 8.01. The molecule has 0 aromatic carbocycles. The molecule has 2 fully saturated rings. The van der Waals surface area contributed by atoms with E-state index >= 15 is 0 Å². The van der Waals surface area contributed by atoms with Gasteiger partial charge in [-0.15, -0.1) is 11.8 Å². The fraction of sp³-hybridized carbons (Fsp3) is 0.720. The number of thioether (sulfide) groups is 1. The van der Waals surface area contributed by atoms with Crippen molar-refractivity contribution in [1.82, 2.24) is 5.32 Å². The summed E-state index contributed by atoms with van der Waals surface area (Å²) in [5, 5.41) is 4.10. The van der Waals surface area contributed by atoms with Gasteiger partial charge in [0.05, 0.1) is 0 Å². The van der Waals surface area contributed by atoms with Crippen LogP contribution in [0.3, 0.4) is 0 Å². The Morgan fingerprint density at radius 2 is 2.28 bits per heavy atom. The SMILES string of the molecule is [2H]C([2H])([2H])C1=NC2OC3=C([C@@H]4NCC=C5[C@@H]4S[C@@H](C)[C@H]5C([2H])([2H])C(C)(C)C)CCC[C@H]3C2C=C1. The number of ether oxygens (including phenoxy) is 1. The predicted octanol–water partition coefficient (Wildman–Crippen LogP) is 5.50. The molecule has 7 atom stereocenters. The number of nitrogens with zero attached hydrogens (tertiary/aromatic N) is 1. The molecule has 0 bridgehead atoms. The Morgan fingerprint density at radius 3 is 3.07 bits per heavy atom. The number of fused-ring (bicyclic) bond motifs is 4. The molecule has 0 aromatic rings. The van der Waals surface area contributed by atoms with Gasteiger partial charge in [-0.2, -0.15) is 0 Å². The molecule has 0 amide bonds. The lowest BCUT2D eigenvalue weighted by Crippen LogP contribution is -2.45. The molecule has 5 rings (SSSR count). The van der Waals surface area contributed by atoms with Crippen molar-refractivity contribution in [3.8, 4) is 0 Å². The second-order valence-electron chi connectivity index (χ2n) is 10.1.